The third-order valence-electron chi connectivity index (χ3n) is 4.20. The summed E-state index contributed by atoms with van der Waals surface area (Å²) in [6, 6.07) is 1.24. The van der Waals surface area contributed by atoms with Crippen LogP contribution in [0.2, 0.25) is 5.02 Å². The highest BCUT2D eigenvalue weighted by Crippen LogP contribution is 2.40. The van der Waals surface area contributed by atoms with Gasteiger partial charge in [-0.15, -0.1) is 0 Å². The van der Waals surface area contributed by atoms with Gasteiger partial charge < -0.3 is 14.6 Å². The van der Waals surface area contributed by atoms with Gasteiger partial charge in [-0.05, 0) is 25.3 Å². The molecule has 23 heavy (non-hydrogen) atoms. The van der Waals surface area contributed by atoms with Crippen molar-refractivity contribution in [3.8, 4) is 0 Å². The van der Waals surface area contributed by atoms with Gasteiger partial charge in [-0.3, -0.25) is 0 Å². The molecule has 0 amide bonds. The summed E-state index contributed by atoms with van der Waals surface area (Å²) in [5.74, 6) is 1.57. The maximum absolute atomic E-state index is 13.8. The van der Waals surface area contributed by atoms with E-state index in [0.717, 1.165) is 25.1 Å². The van der Waals surface area contributed by atoms with Crippen LogP contribution in [0.15, 0.2) is 16.8 Å². The van der Waals surface area contributed by atoms with Crippen LogP contribution in [0.5, 0.6) is 0 Å². The maximum atomic E-state index is 13.8. The van der Waals surface area contributed by atoms with E-state index in [4.69, 9.17) is 20.9 Å². The van der Waals surface area contributed by atoms with Crippen molar-refractivity contribution in [2.75, 3.05) is 18.5 Å². The first-order chi connectivity index (χ1) is 11.2. The fraction of sp³-hybridized carbons (Fsp3) is 0.533. The standard InChI is InChI=1S/C15H16ClFN4O2/c16-10-5-11(17)14(19-7-10)18-6-9-3-4-22-12(9)15-20-13(21-23-15)8-1-2-8/h5,7-9,12H,1-4,6H2,(H,18,19)/t9-,12-/m0/s1. The molecule has 2 fully saturated rings. The second-order valence-electron chi connectivity index (χ2n) is 5.97. The van der Waals surface area contributed by atoms with Crippen molar-refractivity contribution < 1.29 is 13.7 Å². The van der Waals surface area contributed by atoms with Gasteiger partial charge in [0.25, 0.3) is 5.89 Å². The summed E-state index contributed by atoms with van der Waals surface area (Å²) >= 11 is 5.70. The Hall–Kier alpha value is -1.73. The molecule has 122 valence electrons. The highest BCUT2D eigenvalue weighted by Gasteiger charge is 2.36. The van der Waals surface area contributed by atoms with Crippen LogP contribution in [0.3, 0.4) is 0 Å². The highest BCUT2D eigenvalue weighted by atomic mass is 35.5. The highest BCUT2D eigenvalue weighted by molar-refractivity contribution is 6.30. The van der Waals surface area contributed by atoms with Crippen LogP contribution in [0.1, 0.15) is 43.0 Å². The van der Waals surface area contributed by atoms with E-state index in [2.05, 4.69) is 20.4 Å². The molecule has 1 saturated heterocycles. The van der Waals surface area contributed by atoms with E-state index < -0.39 is 5.82 Å². The van der Waals surface area contributed by atoms with Gasteiger partial charge in [0.15, 0.2) is 17.5 Å². The number of aromatic nitrogens is 3. The zero-order chi connectivity index (χ0) is 15.8. The number of nitrogens with one attached hydrogen (secondary N) is 1. The fourth-order valence-corrected chi connectivity index (χ4v) is 2.90. The minimum atomic E-state index is -0.471. The fourth-order valence-electron chi connectivity index (χ4n) is 2.76. The van der Waals surface area contributed by atoms with Crippen LogP contribution < -0.4 is 5.32 Å². The van der Waals surface area contributed by atoms with Crippen LogP contribution in [-0.2, 0) is 4.74 Å². The molecule has 2 aliphatic rings. The van der Waals surface area contributed by atoms with Gasteiger partial charge in [0, 0.05) is 31.2 Å². The molecule has 0 spiro atoms. The summed E-state index contributed by atoms with van der Waals surface area (Å²) < 4.78 is 24.8. The third-order valence-corrected chi connectivity index (χ3v) is 4.40. The Kier molecular flexibility index (Phi) is 3.90. The van der Waals surface area contributed by atoms with Crippen molar-refractivity contribution in [1.82, 2.24) is 15.1 Å². The van der Waals surface area contributed by atoms with Gasteiger partial charge in [0.05, 0.1) is 5.02 Å². The first-order valence-corrected chi connectivity index (χ1v) is 8.08. The van der Waals surface area contributed by atoms with Gasteiger partial charge >= 0.3 is 0 Å². The zero-order valence-electron chi connectivity index (χ0n) is 12.3. The first-order valence-electron chi connectivity index (χ1n) is 7.70. The van der Waals surface area contributed by atoms with Crippen molar-refractivity contribution in [2.45, 2.75) is 31.3 Å². The minimum absolute atomic E-state index is 0.124. The minimum Gasteiger partial charge on any atom is -0.368 e. The molecule has 2 aromatic rings. The summed E-state index contributed by atoms with van der Waals surface area (Å²) in [4.78, 5) is 8.41. The largest absolute Gasteiger partial charge is 0.368 e. The molecule has 0 bridgehead atoms. The van der Waals surface area contributed by atoms with E-state index >= 15 is 0 Å². The van der Waals surface area contributed by atoms with E-state index in [1.165, 1.54) is 12.3 Å². The normalized spacial score (nSPS) is 24.1. The smallest absolute Gasteiger partial charge is 0.256 e. The molecule has 1 aliphatic carbocycles. The Balaban J connectivity index is 1.42. The van der Waals surface area contributed by atoms with Gasteiger partial charge in [-0.1, -0.05) is 16.8 Å². The molecule has 8 heteroatoms. The number of pyridine rings is 1. The van der Waals surface area contributed by atoms with E-state index in [0.29, 0.717) is 25.0 Å². The zero-order valence-corrected chi connectivity index (χ0v) is 13.1. The molecular formula is C15H16ClFN4O2. The lowest BCUT2D eigenvalue weighted by Gasteiger charge is -2.16. The molecule has 0 radical (unpaired) electrons. The quantitative estimate of drug-likeness (QED) is 0.901. The molecule has 3 heterocycles. The Morgan fingerprint density at radius 2 is 2.22 bits per heavy atom. The summed E-state index contributed by atoms with van der Waals surface area (Å²) in [5.41, 5.74) is 0. The Bertz CT molecular complexity index is 707. The molecule has 1 saturated carbocycles. The van der Waals surface area contributed by atoms with Gasteiger partial charge in [0.1, 0.15) is 6.10 Å². The van der Waals surface area contributed by atoms with Crippen molar-refractivity contribution >= 4 is 17.4 Å². The molecule has 2 atom stereocenters. The van der Waals surface area contributed by atoms with E-state index in [9.17, 15) is 4.39 Å². The van der Waals surface area contributed by atoms with Crippen molar-refractivity contribution in [3.05, 3.63) is 34.8 Å². The predicted molar refractivity (Wildman–Crippen MR) is 80.8 cm³/mol. The van der Waals surface area contributed by atoms with Crippen LogP contribution >= 0.6 is 11.6 Å². The molecular weight excluding hydrogens is 323 g/mol. The molecule has 1 aliphatic heterocycles. The maximum Gasteiger partial charge on any atom is 0.256 e. The molecule has 6 nitrogen and oxygen atoms in total. The molecule has 0 unspecified atom stereocenters. The van der Waals surface area contributed by atoms with Crippen molar-refractivity contribution in [3.63, 3.8) is 0 Å². The lowest BCUT2D eigenvalue weighted by Crippen LogP contribution is -2.19. The SMILES string of the molecule is Fc1cc(Cl)cnc1NC[C@@H]1CCO[C@@H]1c1nc(C2CC2)no1. The molecule has 0 aromatic carbocycles. The Morgan fingerprint density at radius 3 is 3.00 bits per heavy atom. The Morgan fingerprint density at radius 1 is 1.35 bits per heavy atom. The number of ether oxygens (including phenoxy) is 1. The molecule has 2 aromatic heterocycles. The number of rotatable bonds is 5. The number of anilines is 1. The number of halogens is 2. The lowest BCUT2D eigenvalue weighted by atomic mass is 10.0. The van der Waals surface area contributed by atoms with Crippen molar-refractivity contribution in [1.29, 1.82) is 0 Å². The third kappa shape index (κ3) is 3.16. The topological polar surface area (TPSA) is 73.1 Å². The van der Waals surface area contributed by atoms with E-state index in [1.54, 1.807) is 0 Å². The molecule has 4 rings (SSSR count). The first kappa shape index (κ1) is 14.8. The van der Waals surface area contributed by atoms with E-state index in [1.807, 2.05) is 0 Å². The average molecular weight is 339 g/mol. The summed E-state index contributed by atoms with van der Waals surface area (Å²) in [7, 11) is 0. The van der Waals surface area contributed by atoms with Crippen LogP contribution in [0.4, 0.5) is 10.2 Å². The molecule has 1 N–H and O–H groups in total. The monoisotopic (exact) mass is 338 g/mol. The second kappa shape index (κ2) is 6.05. The van der Waals surface area contributed by atoms with Crippen LogP contribution in [0, 0.1) is 11.7 Å². The van der Waals surface area contributed by atoms with E-state index in [-0.39, 0.29) is 22.9 Å². The number of nitrogens with zero attached hydrogens (tertiary/aromatic N) is 3. The number of hydrogen-bond donors (Lipinski definition) is 1. The second-order valence-corrected chi connectivity index (χ2v) is 6.41. The summed E-state index contributed by atoms with van der Waals surface area (Å²) in [6.07, 6.45) is 4.25. The average Bonchev–Trinajstić information content (AvgIpc) is 3.09. The summed E-state index contributed by atoms with van der Waals surface area (Å²) in [5, 5.41) is 7.31. The van der Waals surface area contributed by atoms with Crippen molar-refractivity contribution in [2.24, 2.45) is 5.92 Å². The van der Waals surface area contributed by atoms with Gasteiger partial charge in [-0.2, -0.15) is 4.98 Å². The van der Waals surface area contributed by atoms with Gasteiger partial charge in [0.2, 0.25) is 0 Å². The summed E-state index contributed by atoms with van der Waals surface area (Å²) in [6.45, 7) is 1.13. The number of hydrogen-bond acceptors (Lipinski definition) is 6. The predicted octanol–water partition coefficient (Wildman–Crippen LogP) is 3.32. The lowest BCUT2D eigenvalue weighted by molar-refractivity contribution is 0.0649. The Labute approximate surface area is 137 Å². The van der Waals surface area contributed by atoms with Crippen LogP contribution in [0.25, 0.3) is 0 Å². The van der Waals surface area contributed by atoms with Gasteiger partial charge in [-0.25, -0.2) is 9.37 Å². The van der Waals surface area contributed by atoms with Crippen LogP contribution in [-0.4, -0.2) is 28.3 Å².